The third kappa shape index (κ3) is 3.62. The fourth-order valence-corrected chi connectivity index (χ4v) is 3.42. The minimum absolute atomic E-state index is 0.327. The van der Waals surface area contributed by atoms with Gasteiger partial charge >= 0.3 is 0 Å². The number of rotatable bonds is 6. The van der Waals surface area contributed by atoms with Crippen molar-refractivity contribution in [3.05, 3.63) is 0 Å². The first-order valence-corrected chi connectivity index (χ1v) is 7.37. The molecule has 7 heteroatoms. The minimum Gasteiger partial charge on any atom is -0.330 e. The van der Waals surface area contributed by atoms with Crippen molar-refractivity contribution in [2.24, 2.45) is 5.73 Å². The topological polar surface area (TPSA) is 69.9 Å². The Labute approximate surface area is 105 Å². The normalized spacial score (nSPS) is 22.8. The molecule has 1 heterocycles. The van der Waals surface area contributed by atoms with Crippen molar-refractivity contribution in [3.8, 4) is 0 Å². The van der Waals surface area contributed by atoms with Crippen LogP contribution in [-0.4, -0.2) is 75.3 Å². The Hall–Kier alpha value is -0.210. The molecule has 17 heavy (non-hydrogen) atoms. The van der Waals surface area contributed by atoms with Crippen molar-refractivity contribution in [1.82, 2.24) is 13.5 Å². The Morgan fingerprint density at radius 2 is 2.00 bits per heavy atom. The van der Waals surface area contributed by atoms with E-state index in [0.717, 1.165) is 6.42 Å². The molecular weight excluding hydrogens is 240 g/mol. The standard InChI is InChI=1S/C10H24N4O2S/c1-12(2)10-5-8-14(9-10)17(15,16)13(3)7-4-6-11/h10H,4-9,11H2,1-3H3. The Balaban J connectivity index is 2.60. The van der Waals surface area contributed by atoms with Crippen LogP contribution in [0.4, 0.5) is 0 Å². The van der Waals surface area contributed by atoms with Gasteiger partial charge in [-0.3, -0.25) is 0 Å². The summed E-state index contributed by atoms with van der Waals surface area (Å²) in [6.07, 6.45) is 1.59. The van der Waals surface area contributed by atoms with Gasteiger partial charge in [0.15, 0.2) is 0 Å². The van der Waals surface area contributed by atoms with Crippen LogP contribution < -0.4 is 5.73 Å². The molecule has 0 bridgehead atoms. The number of likely N-dealkylation sites (N-methyl/N-ethyl adjacent to an activating group) is 1. The van der Waals surface area contributed by atoms with E-state index in [4.69, 9.17) is 5.73 Å². The molecule has 1 fully saturated rings. The molecule has 1 saturated heterocycles. The highest BCUT2D eigenvalue weighted by Gasteiger charge is 2.34. The van der Waals surface area contributed by atoms with Gasteiger partial charge in [0, 0.05) is 32.7 Å². The summed E-state index contributed by atoms with van der Waals surface area (Å²) in [5, 5.41) is 0. The summed E-state index contributed by atoms with van der Waals surface area (Å²) in [6.45, 7) is 2.20. The van der Waals surface area contributed by atoms with Crippen LogP contribution in [0.2, 0.25) is 0 Å². The molecule has 0 aromatic rings. The SMILES string of the molecule is CN(C)C1CCN(S(=O)(=O)N(C)CCCN)C1. The summed E-state index contributed by atoms with van der Waals surface area (Å²) in [7, 11) is 2.30. The monoisotopic (exact) mass is 264 g/mol. The van der Waals surface area contributed by atoms with Gasteiger partial charge in [0.1, 0.15) is 0 Å². The number of nitrogens with zero attached hydrogens (tertiary/aromatic N) is 3. The Morgan fingerprint density at radius 1 is 1.35 bits per heavy atom. The van der Waals surface area contributed by atoms with Crippen LogP contribution >= 0.6 is 0 Å². The predicted molar refractivity (Wildman–Crippen MR) is 68.9 cm³/mol. The molecule has 1 rings (SSSR count). The van der Waals surface area contributed by atoms with Gasteiger partial charge in [0.05, 0.1) is 0 Å². The van der Waals surface area contributed by atoms with Gasteiger partial charge in [-0.05, 0) is 33.5 Å². The lowest BCUT2D eigenvalue weighted by Gasteiger charge is -2.25. The van der Waals surface area contributed by atoms with E-state index < -0.39 is 10.2 Å². The van der Waals surface area contributed by atoms with E-state index in [9.17, 15) is 8.42 Å². The van der Waals surface area contributed by atoms with Gasteiger partial charge in [-0.25, -0.2) is 0 Å². The summed E-state index contributed by atoms with van der Waals surface area (Å²) >= 11 is 0. The first kappa shape index (κ1) is 14.8. The minimum atomic E-state index is -3.29. The van der Waals surface area contributed by atoms with Crippen molar-refractivity contribution in [2.75, 3.05) is 47.3 Å². The lowest BCUT2D eigenvalue weighted by Crippen LogP contribution is -2.42. The molecule has 1 atom stereocenters. The third-order valence-electron chi connectivity index (χ3n) is 3.25. The molecule has 0 saturated carbocycles. The van der Waals surface area contributed by atoms with Crippen LogP contribution in [0.3, 0.4) is 0 Å². The fourth-order valence-electron chi connectivity index (χ4n) is 1.97. The summed E-state index contributed by atoms with van der Waals surface area (Å²) in [4.78, 5) is 2.08. The summed E-state index contributed by atoms with van der Waals surface area (Å²) in [5.74, 6) is 0. The zero-order chi connectivity index (χ0) is 13.1. The van der Waals surface area contributed by atoms with Gasteiger partial charge in [-0.2, -0.15) is 17.0 Å². The lowest BCUT2D eigenvalue weighted by atomic mass is 10.2. The predicted octanol–water partition coefficient (Wildman–Crippen LogP) is -0.852. The highest BCUT2D eigenvalue weighted by atomic mass is 32.2. The molecule has 1 unspecified atom stereocenters. The van der Waals surface area contributed by atoms with Gasteiger partial charge < -0.3 is 10.6 Å². The average Bonchev–Trinajstić information content (AvgIpc) is 2.75. The van der Waals surface area contributed by atoms with E-state index in [-0.39, 0.29) is 0 Å². The number of hydrogen-bond acceptors (Lipinski definition) is 4. The van der Waals surface area contributed by atoms with Crippen molar-refractivity contribution >= 4 is 10.2 Å². The van der Waals surface area contributed by atoms with Crippen molar-refractivity contribution in [3.63, 3.8) is 0 Å². The zero-order valence-electron chi connectivity index (χ0n) is 11.0. The van der Waals surface area contributed by atoms with Crippen LogP contribution in [-0.2, 0) is 10.2 Å². The van der Waals surface area contributed by atoms with E-state index in [1.54, 1.807) is 11.4 Å². The summed E-state index contributed by atoms with van der Waals surface area (Å²) in [6, 6.07) is 0.327. The summed E-state index contributed by atoms with van der Waals surface area (Å²) < 4.78 is 27.4. The molecule has 0 radical (unpaired) electrons. The average molecular weight is 264 g/mol. The van der Waals surface area contributed by atoms with Crippen LogP contribution in [0.5, 0.6) is 0 Å². The Morgan fingerprint density at radius 3 is 2.47 bits per heavy atom. The van der Waals surface area contributed by atoms with Gasteiger partial charge in [0.2, 0.25) is 0 Å². The second-order valence-electron chi connectivity index (χ2n) is 4.74. The second kappa shape index (κ2) is 6.10. The maximum atomic E-state index is 12.2. The molecule has 2 N–H and O–H groups in total. The van der Waals surface area contributed by atoms with Gasteiger partial charge in [-0.1, -0.05) is 0 Å². The maximum Gasteiger partial charge on any atom is 0.281 e. The van der Waals surface area contributed by atoms with E-state index in [2.05, 4.69) is 4.90 Å². The molecule has 6 nitrogen and oxygen atoms in total. The quantitative estimate of drug-likeness (QED) is 0.678. The number of nitrogens with two attached hydrogens (primary N) is 1. The third-order valence-corrected chi connectivity index (χ3v) is 5.21. The highest BCUT2D eigenvalue weighted by molar-refractivity contribution is 7.86. The molecule has 0 amide bonds. The van der Waals surface area contributed by atoms with Crippen LogP contribution in [0, 0.1) is 0 Å². The van der Waals surface area contributed by atoms with Gasteiger partial charge in [0.25, 0.3) is 10.2 Å². The zero-order valence-corrected chi connectivity index (χ0v) is 11.8. The van der Waals surface area contributed by atoms with E-state index in [1.165, 1.54) is 4.31 Å². The molecule has 1 aliphatic rings. The first-order valence-electron chi connectivity index (χ1n) is 5.97. The van der Waals surface area contributed by atoms with E-state index in [0.29, 0.717) is 38.6 Å². The number of hydrogen-bond donors (Lipinski definition) is 1. The van der Waals surface area contributed by atoms with Gasteiger partial charge in [-0.15, -0.1) is 0 Å². The maximum absolute atomic E-state index is 12.2. The second-order valence-corrected chi connectivity index (χ2v) is 6.77. The lowest BCUT2D eigenvalue weighted by molar-refractivity contribution is 0.298. The van der Waals surface area contributed by atoms with Crippen LogP contribution in [0.25, 0.3) is 0 Å². The molecule has 1 aliphatic heterocycles. The highest BCUT2D eigenvalue weighted by Crippen LogP contribution is 2.18. The molecule has 0 aromatic heterocycles. The van der Waals surface area contributed by atoms with Crippen molar-refractivity contribution < 1.29 is 8.42 Å². The molecule has 0 aliphatic carbocycles. The smallest absolute Gasteiger partial charge is 0.281 e. The largest absolute Gasteiger partial charge is 0.330 e. The molecular formula is C10H24N4O2S. The Kier molecular flexibility index (Phi) is 5.33. The van der Waals surface area contributed by atoms with Crippen molar-refractivity contribution in [1.29, 1.82) is 0 Å². The summed E-state index contributed by atoms with van der Waals surface area (Å²) in [5.41, 5.74) is 5.39. The first-order chi connectivity index (χ1) is 7.89. The molecule has 0 spiro atoms. The van der Waals surface area contributed by atoms with Crippen LogP contribution in [0.1, 0.15) is 12.8 Å². The van der Waals surface area contributed by atoms with E-state index >= 15 is 0 Å². The van der Waals surface area contributed by atoms with Crippen molar-refractivity contribution in [2.45, 2.75) is 18.9 Å². The van der Waals surface area contributed by atoms with Crippen LogP contribution in [0.15, 0.2) is 0 Å². The molecule has 102 valence electrons. The fraction of sp³-hybridized carbons (Fsp3) is 1.00. The Bertz CT molecular complexity index is 331. The van der Waals surface area contributed by atoms with E-state index in [1.807, 2.05) is 14.1 Å². The molecule has 0 aromatic carbocycles.